The second-order valence-electron chi connectivity index (χ2n) is 12.6. The van der Waals surface area contributed by atoms with Crippen LogP contribution in [0, 0.1) is 5.82 Å². The number of aromatic nitrogens is 2. The molecule has 1 aromatic carbocycles. The molecule has 2 aliphatic heterocycles. The monoisotopic (exact) mass is 689 g/mol. The van der Waals surface area contributed by atoms with Gasteiger partial charge in [0.2, 0.25) is 11.9 Å². The number of alkyl halides is 3. The molecule has 0 bridgehead atoms. The van der Waals surface area contributed by atoms with E-state index in [2.05, 4.69) is 45.5 Å². The van der Waals surface area contributed by atoms with Crippen LogP contribution >= 0.6 is 0 Å². The summed E-state index contributed by atoms with van der Waals surface area (Å²) in [7, 11) is -1.42. The van der Waals surface area contributed by atoms with Crippen molar-refractivity contribution < 1.29 is 36.7 Å². The number of rotatable bonds is 14. The molecule has 11 nitrogen and oxygen atoms in total. The van der Waals surface area contributed by atoms with E-state index in [0.29, 0.717) is 43.2 Å². The van der Waals surface area contributed by atoms with Gasteiger partial charge in [-0.25, -0.2) is 29.6 Å². The fourth-order valence-electron chi connectivity index (χ4n) is 4.80. The Morgan fingerprint density at radius 2 is 1.90 bits per heavy atom. The second kappa shape index (κ2) is 16.2. The molecule has 0 fully saturated rings. The topological polar surface area (TPSA) is 121 Å². The lowest BCUT2D eigenvalue weighted by atomic mass is 10.0. The summed E-state index contributed by atoms with van der Waals surface area (Å²) in [6, 6.07) is 6.48. The van der Waals surface area contributed by atoms with Crippen molar-refractivity contribution in [3.63, 3.8) is 0 Å². The van der Waals surface area contributed by atoms with Crippen LogP contribution in [0.4, 0.5) is 23.5 Å². The molecule has 0 saturated carbocycles. The van der Waals surface area contributed by atoms with E-state index in [-0.39, 0.29) is 25.6 Å². The summed E-state index contributed by atoms with van der Waals surface area (Å²) in [5, 5.41) is 7.46. The number of hydroxylamine groups is 1. The molecule has 3 heterocycles. The van der Waals surface area contributed by atoms with Gasteiger partial charge >= 0.3 is 6.18 Å². The number of halogens is 4. The number of hydrogen-bond donors (Lipinski definition) is 2. The Balaban J connectivity index is 1.24. The Morgan fingerprint density at radius 1 is 1.17 bits per heavy atom. The molecular weight excluding hydrogens is 650 g/mol. The molecule has 0 radical (unpaired) electrons. The minimum atomic E-state index is -4.88. The summed E-state index contributed by atoms with van der Waals surface area (Å²) in [4.78, 5) is 40.1. The van der Waals surface area contributed by atoms with Crippen LogP contribution in [0.25, 0.3) is 11.1 Å². The van der Waals surface area contributed by atoms with Gasteiger partial charge in [0.25, 0.3) is 0 Å². The molecule has 0 unspecified atom stereocenters. The number of amides is 1. The van der Waals surface area contributed by atoms with Gasteiger partial charge in [-0.05, 0) is 25.5 Å². The van der Waals surface area contributed by atoms with Crippen molar-refractivity contribution in [1.29, 1.82) is 0 Å². The number of hydrogen-bond acceptors (Lipinski definition) is 10. The maximum Gasteiger partial charge on any atom is 0.421 e. The van der Waals surface area contributed by atoms with Gasteiger partial charge in [0.1, 0.15) is 18.1 Å². The summed E-state index contributed by atoms with van der Waals surface area (Å²) in [6.45, 7) is 8.86. The van der Waals surface area contributed by atoms with E-state index in [4.69, 9.17) is 9.57 Å². The van der Waals surface area contributed by atoms with E-state index >= 15 is 0 Å². The van der Waals surface area contributed by atoms with Crippen LogP contribution in [-0.4, -0.2) is 86.4 Å². The summed E-state index contributed by atoms with van der Waals surface area (Å²) in [5.74, 6) is 1.08. The first-order chi connectivity index (χ1) is 22.7. The Bertz CT molecular complexity index is 1590. The number of carbonyl (C=O) groups is 1. The van der Waals surface area contributed by atoms with Gasteiger partial charge in [-0.1, -0.05) is 49.5 Å². The van der Waals surface area contributed by atoms with E-state index in [1.807, 2.05) is 11.0 Å². The van der Waals surface area contributed by atoms with Crippen molar-refractivity contribution >= 4 is 32.1 Å². The van der Waals surface area contributed by atoms with Gasteiger partial charge in [0, 0.05) is 63.8 Å². The van der Waals surface area contributed by atoms with Crippen LogP contribution in [0.15, 0.2) is 70.4 Å². The van der Waals surface area contributed by atoms with Crippen LogP contribution in [0.1, 0.15) is 19.8 Å². The fourth-order valence-corrected chi connectivity index (χ4v) is 5.56. The molecule has 1 atom stereocenters. The van der Waals surface area contributed by atoms with Gasteiger partial charge in [0.15, 0.2) is 11.6 Å². The largest absolute Gasteiger partial charge is 0.421 e. The van der Waals surface area contributed by atoms with Crippen LogP contribution in [-0.2, 0) is 19.2 Å². The number of carbonyl (C=O) groups excluding carboxylic acids is 2. The third kappa shape index (κ3) is 10.3. The zero-order valence-corrected chi connectivity index (χ0v) is 28.2. The molecule has 0 saturated heterocycles. The first-order valence-electron chi connectivity index (χ1n) is 15.4. The number of ether oxygens (including phenoxy) is 1. The molecule has 4 rings (SSSR count). The fraction of sp³-hybridized carbons (Fsp3) is 0.438. The molecule has 16 heteroatoms. The lowest BCUT2D eigenvalue weighted by Crippen LogP contribution is -2.40. The Hall–Kier alpha value is -4.37. The van der Waals surface area contributed by atoms with Crippen LogP contribution in [0.5, 0.6) is 0 Å². The van der Waals surface area contributed by atoms with Crippen molar-refractivity contribution in [3.8, 4) is 11.1 Å². The summed E-state index contributed by atoms with van der Waals surface area (Å²) >= 11 is 0. The van der Waals surface area contributed by atoms with E-state index in [9.17, 15) is 27.2 Å². The standard InChI is InChI=1S/C32H39F4N7O4Si/c1-22(40-27-18-39-43(21-46-13-14-48(2,3)4)28(19-44)30(27)32(34,35)36)20-47-41-29(45)15-23-9-11-42(12-10-23)31-37-16-24(17-38-31)25-7-5-6-8-26(25)33/h5-9,16-18,22,40H,10-15,20-21H2,1-4H3,(H,41,45)/t22-/m0/s1. The third-order valence-electron chi connectivity index (χ3n) is 7.40. The molecule has 2 aliphatic rings. The van der Waals surface area contributed by atoms with Crippen LogP contribution in [0.2, 0.25) is 25.7 Å². The smallest absolute Gasteiger partial charge is 0.378 e. The van der Waals surface area contributed by atoms with Crippen LogP contribution < -0.4 is 15.7 Å². The SMILES string of the molecule is C[C@@H](CONC(=O)CC1=CCN(c2ncc(-c3ccccc3F)cn2)CC1)NC1=C(C(F)(F)F)C(=C=O)N(COCC[Si](C)(C)C)N=C1. The number of hydrazone groups is 1. The van der Waals surface area contributed by atoms with Gasteiger partial charge in [-0.3, -0.25) is 9.63 Å². The highest BCUT2D eigenvalue weighted by Gasteiger charge is 2.43. The highest BCUT2D eigenvalue weighted by atomic mass is 28.3. The quantitative estimate of drug-likeness (QED) is 0.0707. The number of nitrogens with one attached hydrogen (secondary N) is 2. The summed E-state index contributed by atoms with van der Waals surface area (Å²) in [5.41, 5.74) is 1.75. The molecule has 1 amide bonds. The van der Waals surface area contributed by atoms with Crippen molar-refractivity contribution in [2.75, 3.05) is 37.9 Å². The maximum absolute atomic E-state index is 14.1. The first-order valence-corrected chi connectivity index (χ1v) is 19.1. The van der Waals surface area contributed by atoms with Gasteiger partial charge < -0.3 is 15.0 Å². The lowest BCUT2D eigenvalue weighted by Gasteiger charge is -2.29. The van der Waals surface area contributed by atoms with Crippen molar-refractivity contribution in [2.45, 2.75) is 57.7 Å². The van der Waals surface area contributed by atoms with Crippen LogP contribution in [0.3, 0.4) is 0 Å². The van der Waals surface area contributed by atoms with E-state index in [1.165, 1.54) is 12.0 Å². The average Bonchev–Trinajstić information content (AvgIpc) is 3.03. The normalized spacial score (nSPS) is 16.1. The highest BCUT2D eigenvalue weighted by Crippen LogP contribution is 2.35. The predicted molar refractivity (Wildman–Crippen MR) is 175 cm³/mol. The van der Waals surface area contributed by atoms with Gasteiger partial charge in [-0.15, -0.1) is 0 Å². The maximum atomic E-state index is 14.1. The van der Waals surface area contributed by atoms with E-state index in [1.54, 1.807) is 37.5 Å². The number of anilines is 1. The number of allylic oxidation sites excluding steroid dienone is 2. The van der Waals surface area contributed by atoms with Crippen molar-refractivity contribution in [3.05, 3.63) is 71.1 Å². The molecule has 1 aromatic heterocycles. The first kappa shape index (κ1) is 36.5. The third-order valence-corrected chi connectivity index (χ3v) is 9.10. The number of nitrogens with zero attached hydrogens (tertiary/aromatic N) is 5. The Labute approximate surface area is 277 Å². The van der Waals surface area contributed by atoms with Crippen molar-refractivity contribution in [1.82, 2.24) is 25.8 Å². The minimum absolute atomic E-state index is 0.0715. The molecule has 0 spiro atoms. The molecule has 0 aliphatic carbocycles. The predicted octanol–water partition coefficient (Wildman–Crippen LogP) is 4.98. The summed E-state index contributed by atoms with van der Waals surface area (Å²) in [6.07, 6.45) is 1.77. The van der Waals surface area contributed by atoms with Crippen molar-refractivity contribution in [2.24, 2.45) is 5.10 Å². The molecule has 2 N–H and O–H groups in total. The van der Waals surface area contributed by atoms with Gasteiger partial charge in [-0.2, -0.15) is 18.3 Å². The zero-order chi connectivity index (χ0) is 34.9. The lowest BCUT2D eigenvalue weighted by molar-refractivity contribution is -0.133. The molecule has 258 valence electrons. The van der Waals surface area contributed by atoms with E-state index < -0.39 is 43.2 Å². The molecule has 48 heavy (non-hydrogen) atoms. The zero-order valence-electron chi connectivity index (χ0n) is 27.2. The Kier molecular flexibility index (Phi) is 12.3. The number of benzene rings is 1. The minimum Gasteiger partial charge on any atom is -0.378 e. The average molecular weight is 690 g/mol. The van der Waals surface area contributed by atoms with E-state index in [0.717, 1.165) is 22.8 Å². The highest BCUT2D eigenvalue weighted by molar-refractivity contribution is 6.76. The Morgan fingerprint density at radius 3 is 2.52 bits per heavy atom. The second-order valence-corrected chi connectivity index (χ2v) is 18.2. The summed E-state index contributed by atoms with van der Waals surface area (Å²) < 4.78 is 61.7. The molecule has 2 aromatic rings. The van der Waals surface area contributed by atoms with Gasteiger partial charge in [0.05, 0.1) is 18.5 Å². The molecular formula is C32H39F4N7O4Si.